The van der Waals surface area contributed by atoms with Crippen LogP contribution in [0.15, 0.2) is 0 Å². The van der Waals surface area contributed by atoms with Crippen molar-refractivity contribution in [1.29, 1.82) is 0 Å². The summed E-state index contributed by atoms with van der Waals surface area (Å²) in [7, 11) is 1.05. The van der Waals surface area contributed by atoms with Gasteiger partial charge in [0.05, 0.1) is 12.1 Å². The number of nitrogen functional groups attached to an aromatic ring is 2. The van der Waals surface area contributed by atoms with Gasteiger partial charge in [-0.05, 0) is 13.3 Å². The predicted molar refractivity (Wildman–Crippen MR) is 143 cm³/mol. The number of anilines is 3. The summed E-state index contributed by atoms with van der Waals surface area (Å²) >= 11 is 0.720. The van der Waals surface area contributed by atoms with E-state index in [1.807, 2.05) is 0 Å². The standard InChI is InChI=1S/C23H29N5O12S/c1-6-10(11(24)16(33)19(36)13(6)30)20(40-2)23(38,39)26-4-3-7-14(31)17(34)12(18(35)15(7)32)28-9(29)5-8-21(37)41-22(25)27-8/h20,26,30-39H,3-5,24H2,1-2H3,(H2,25,27)(H,28,29). The van der Waals surface area contributed by atoms with Gasteiger partial charge in [0.1, 0.15) is 11.4 Å². The van der Waals surface area contributed by atoms with E-state index < -0.39 is 94.5 Å². The Balaban J connectivity index is 1.80. The molecule has 0 bridgehead atoms. The second-order valence-corrected chi connectivity index (χ2v) is 9.80. The third-order valence-electron chi connectivity index (χ3n) is 6.16. The zero-order valence-corrected chi connectivity index (χ0v) is 22.3. The van der Waals surface area contributed by atoms with Crippen LogP contribution >= 0.6 is 11.3 Å². The first-order valence-corrected chi connectivity index (χ1v) is 12.3. The van der Waals surface area contributed by atoms with Gasteiger partial charge in [0.15, 0.2) is 50.8 Å². The number of benzene rings is 2. The quantitative estimate of drug-likeness (QED) is 0.0610. The minimum Gasteiger partial charge on any atom is -0.504 e. The summed E-state index contributed by atoms with van der Waals surface area (Å²) < 4.78 is 5.11. The number of carbonyl (C=O) groups is 1. The number of nitrogens with zero attached hydrogens (tertiary/aromatic N) is 1. The molecule has 3 aromatic rings. The minimum atomic E-state index is -2.97. The minimum absolute atomic E-state index is 0.00574. The average molecular weight is 600 g/mol. The first-order chi connectivity index (χ1) is 19.0. The van der Waals surface area contributed by atoms with Crippen molar-refractivity contribution in [3.05, 3.63) is 22.4 Å². The monoisotopic (exact) mass is 599 g/mol. The van der Waals surface area contributed by atoms with Gasteiger partial charge >= 0.3 is 0 Å². The van der Waals surface area contributed by atoms with Crippen molar-refractivity contribution in [3.63, 3.8) is 0 Å². The average Bonchev–Trinajstić information content (AvgIpc) is 3.23. The number of phenols is 7. The van der Waals surface area contributed by atoms with Gasteiger partial charge in [0.2, 0.25) is 11.7 Å². The van der Waals surface area contributed by atoms with E-state index in [4.69, 9.17) is 16.2 Å². The van der Waals surface area contributed by atoms with Crippen LogP contribution in [0, 0.1) is 6.92 Å². The SMILES string of the molecule is COC(c1c(C)c(O)c(O)c(O)c1N)C(O)(O)NCCc1c(O)c(O)c(NC(=O)Cc2nc(N)sc2O)c(O)c1O. The molecule has 1 atom stereocenters. The number of nitrogens with one attached hydrogen (secondary N) is 2. The van der Waals surface area contributed by atoms with E-state index in [1.165, 1.54) is 6.92 Å². The number of rotatable bonds is 10. The van der Waals surface area contributed by atoms with Crippen LogP contribution in [0.1, 0.15) is 28.5 Å². The van der Waals surface area contributed by atoms with E-state index in [0.29, 0.717) is 0 Å². The Labute approximate surface area is 234 Å². The molecule has 1 aromatic heterocycles. The molecule has 0 radical (unpaired) electrons. The van der Waals surface area contributed by atoms with Crippen molar-refractivity contribution in [2.45, 2.75) is 31.8 Å². The second kappa shape index (κ2) is 11.5. The number of thiazole rings is 1. The molecule has 0 saturated heterocycles. The number of amides is 1. The second-order valence-electron chi connectivity index (χ2n) is 8.79. The Hall–Kier alpha value is -4.62. The van der Waals surface area contributed by atoms with Crippen molar-refractivity contribution in [3.8, 4) is 45.3 Å². The van der Waals surface area contributed by atoms with Crippen LogP contribution in [0.3, 0.4) is 0 Å². The van der Waals surface area contributed by atoms with E-state index in [2.05, 4.69) is 15.6 Å². The van der Waals surface area contributed by atoms with Gasteiger partial charge in [-0.1, -0.05) is 11.3 Å². The summed E-state index contributed by atoms with van der Waals surface area (Å²) in [5.74, 6) is -10.5. The highest BCUT2D eigenvalue weighted by Gasteiger charge is 2.40. The van der Waals surface area contributed by atoms with Crippen molar-refractivity contribution in [1.82, 2.24) is 10.3 Å². The molecule has 0 spiro atoms. The number of aliphatic hydroxyl groups is 2. The van der Waals surface area contributed by atoms with Gasteiger partial charge in [-0.25, -0.2) is 4.98 Å². The zero-order valence-electron chi connectivity index (χ0n) is 21.5. The molecule has 1 heterocycles. The van der Waals surface area contributed by atoms with E-state index in [0.717, 1.165) is 18.4 Å². The Morgan fingerprint density at radius 1 is 0.951 bits per heavy atom. The number of methoxy groups -OCH3 is 1. The number of aromatic nitrogens is 1. The normalized spacial score (nSPS) is 12.4. The fourth-order valence-corrected chi connectivity index (χ4v) is 4.66. The molecule has 0 aliphatic carbocycles. The van der Waals surface area contributed by atoms with Crippen molar-refractivity contribution in [2.75, 3.05) is 30.4 Å². The van der Waals surface area contributed by atoms with Crippen LogP contribution in [-0.2, 0) is 22.4 Å². The highest BCUT2D eigenvalue weighted by molar-refractivity contribution is 7.17. The van der Waals surface area contributed by atoms with E-state index in [-0.39, 0.29) is 27.0 Å². The molecule has 18 heteroatoms. The first-order valence-electron chi connectivity index (χ1n) is 11.5. The fourth-order valence-electron chi connectivity index (χ4n) is 4.07. The lowest BCUT2D eigenvalue weighted by Crippen LogP contribution is -2.51. The lowest BCUT2D eigenvalue weighted by Gasteiger charge is -2.33. The molecular formula is C23H29N5O12S. The third kappa shape index (κ3) is 5.81. The Morgan fingerprint density at radius 3 is 2.05 bits per heavy atom. The summed E-state index contributed by atoms with van der Waals surface area (Å²) in [5.41, 5.74) is 9.01. The van der Waals surface area contributed by atoms with Gasteiger partial charge in [-0.15, -0.1) is 0 Å². The van der Waals surface area contributed by atoms with E-state index >= 15 is 0 Å². The molecule has 1 unspecified atom stereocenters. The van der Waals surface area contributed by atoms with Crippen LogP contribution in [0.2, 0.25) is 0 Å². The number of ether oxygens (including phenoxy) is 1. The van der Waals surface area contributed by atoms with Crippen LogP contribution in [-0.4, -0.2) is 81.5 Å². The number of phenolic OH excluding ortho intramolecular Hbond substituents is 7. The topological polar surface area (TPSA) is 318 Å². The molecule has 0 saturated carbocycles. The molecular weight excluding hydrogens is 570 g/mol. The molecule has 224 valence electrons. The highest BCUT2D eigenvalue weighted by atomic mass is 32.1. The van der Waals surface area contributed by atoms with Crippen LogP contribution in [0.25, 0.3) is 0 Å². The van der Waals surface area contributed by atoms with Crippen molar-refractivity contribution < 1.29 is 60.6 Å². The highest BCUT2D eigenvalue weighted by Crippen LogP contribution is 2.51. The Bertz CT molecular complexity index is 1430. The van der Waals surface area contributed by atoms with Gasteiger partial charge in [-0.2, -0.15) is 0 Å². The Morgan fingerprint density at radius 2 is 1.54 bits per heavy atom. The summed E-state index contributed by atoms with van der Waals surface area (Å²) in [6.07, 6.45) is -2.75. The number of hydrogen-bond donors (Lipinski definition) is 14. The number of nitrogens with two attached hydrogens (primary N) is 2. The first kappa shape index (κ1) is 30.9. The van der Waals surface area contributed by atoms with Gasteiger partial charge < -0.3 is 72.6 Å². The maximum absolute atomic E-state index is 12.3. The lowest BCUT2D eigenvalue weighted by atomic mass is 9.96. The lowest BCUT2D eigenvalue weighted by molar-refractivity contribution is -0.254. The van der Waals surface area contributed by atoms with Crippen LogP contribution < -0.4 is 22.1 Å². The predicted octanol–water partition coefficient (Wildman–Crippen LogP) is -0.400. The summed E-state index contributed by atoms with van der Waals surface area (Å²) in [4.78, 5) is 16.1. The molecule has 41 heavy (non-hydrogen) atoms. The molecule has 3 rings (SSSR count). The maximum atomic E-state index is 12.3. The zero-order chi connectivity index (χ0) is 31.0. The van der Waals surface area contributed by atoms with Gasteiger partial charge in [0.25, 0.3) is 5.91 Å². The summed E-state index contributed by atoms with van der Waals surface area (Å²) in [6, 6.07) is 0. The molecule has 17 nitrogen and oxygen atoms in total. The van der Waals surface area contributed by atoms with Crippen molar-refractivity contribution >= 4 is 33.8 Å². The molecule has 1 amide bonds. The Kier molecular flexibility index (Phi) is 8.65. The number of aromatic hydroxyl groups is 8. The van der Waals surface area contributed by atoms with Gasteiger partial charge in [-0.3, -0.25) is 10.1 Å². The van der Waals surface area contributed by atoms with Gasteiger partial charge in [0, 0.05) is 30.3 Å². The molecule has 0 aliphatic rings. The van der Waals surface area contributed by atoms with Crippen molar-refractivity contribution in [2.24, 2.45) is 0 Å². The van der Waals surface area contributed by atoms with E-state index in [1.54, 1.807) is 0 Å². The maximum Gasteiger partial charge on any atom is 0.254 e. The van der Waals surface area contributed by atoms with Crippen LogP contribution in [0.4, 0.5) is 16.5 Å². The fraction of sp³-hybridized carbons (Fsp3) is 0.304. The molecule has 2 aromatic carbocycles. The van der Waals surface area contributed by atoms with E-state index in [9.17, 15) is 55.9 Å². The number of carbonyl (C=O) groups excluding carboxylic acids is 1. The molecule has 0 aliphatic heterocycles. The largest absolute Gasteiger partial charge is 0.504 e. The smallest absolute Gasteiger partial charge is 0.254 e. The van der Waals surface area contributed by atoms with Crippen LogP contribution in [0.5, 0.6) is 45.3 Å². The number of hydrogen-bond acceptors (Lipinski definition) is 17. The summed E-state index contributed by atoms with van der Waals surface area (Å²) in [5, 5.41) is 107. The third-order valence-corrected chi connectivity index (χ3v) is 6.89. The molecule has 16 N–H and O–H groups in total. The molecule has 0 fully saturated rings. The summed E-state index contributed by atoms with van der Waals surface area (Å²) in [6.45, 7) is 0.789.